The first-order valence-electron chi connectivity index (χ1n) is 7.90. The minimum Gasteiger partial charge on any atom is -0.444 e. The maximum absolute atomic E-state index is 12.3. The van der Waals surface area contributed by atoms with Gasteiger partial charge in [-0.3, -0.25) is 4.40 Å². The molecule has 0 radical (unpaired) electrons. The zero-order valence-electron chi connectivity index (χ0n) is 13.8. The Morgan fingerprint density at radius 3 is 2.87 bits per heavy atom. The van der Waals surface area contributed by atoms with E-state index in [0.29, 0.717) is 12.5 Å². The van der Waals surface area contributed by atoms with Gasteiger partial charge in [0.15, 0.2) is 0 Å². The van der Waals surface area contributed by atoms with Gasteiger partial charge in [0.05, 0.1) is 0 Å². The summed E-state index contributed by atoms with van der Waals surface area (Å²) < 4.78 is 7.26. The van der Waals surface area contributed by atoms with E-state index >= 15 is 0 Å². The van der Waals surface area contributed by atoms with Crippen molar-refractivity contribution in [1.29, 1.82) is 0 Å². The lowest BCUT2D eigenvalue weighted by Gasteiger charge is -2.33. The van der Waals surface area contributed by atoms with Crippen LogP contribution in [0, 0.1) is 0 Å². The zero-order chi connectivity index (χ0) is 16.6. The second-order valence-electron chi connectivity index (χ2n) is 7.00. The number of fused-ring (bicyclic) bond motifs is 1. The van der Waals surface area contributed by atoms with E-state index in [0.717, 1.165) is 30.6 Å². The van der Waals surface area contributed by atoms with Gasteiger partial charge in [-0.1, -0.05) is 0 Å². The van der Waals surface area contributed by atoms with E-state index < -0.39 is 5.60 Å². The van der Waals surface area contributed by atoms with Crippen LogP contribution in [0.2, 0.25) is 0 Å². The molecule has 0 saturated carbocycles. The van der Waals surface area contributed by atoms with Crippen molar-refractivity contribution in [3.8, 4) is 0 Å². The molecule has 1 aliphatic heterocycles. The van der Waals surface area contributed by atoms with Crippen molar-refractivity contribution in [2.45, 2.75) is 45.1 Å². The fraction of sp³-hybridized carbons (Fsp3) is 0.562. The van der Waals surface area contributed by atoms with E-state index in [1.807, 2.05) is 33.0 Å². The summed E-state index contributed by atoms with van der Waals surface area (Å²) in [4.78, 5) is 22.3. The summed E-state index contributed by atoms with van der Waals surface area (Å²) in [6.45, 7) is 7.04. The number of rotatable bonds is 1. The molecule has 2 aromatic rings. The smallest absolute Gasteiger partial charge is 0.410 e. The molecule has 23 heavy (non-hydrogen) atoms. The van der Waals surface area contributed by atoms with Gasteiger partial charge in [-0.05, 0) is 45.2 Å². The Bertz CT molecular complexity index is 719. The number of ether oxygens (including phenoxy) is 1. The average molecular weight is 317 g/mol. The monoisotopic (exact) mass is 317 g/mol. The fourth-order valence-electron chi connectivity index (χ4n) is 2.93. The largest absolute Gasteiger partial charge is 0.444 e. The van der Waals surface area contributed by atoms with Crippen molar-refractivity contribution < 1.29 is 9.53 Å². The number of aromatic nitrogens is 3. The molecule has 7 heteroatoms. The minimum atomic E-state index is -0.473. The Kier molecular flexibility index (Phi) is 3.87. The van der Waals surface area contributed by atoms with Crippen LogP contribution in [-0.2, 0) is 4.74 Å². The van der Waals surface area contributed by atoms with Crippen LogP contribution < -0.4 is 5.73 Å². The predicted octanol–water partition coefficient (Wildman–Crippen LogP) is 2.43. The van der Waals surface area contributed by atoms with Crippen molar-refractivity contribution in [2.24, 2.45) is 0 Å². The van der Waals surface area contributed by atoms with Crippen LogP contribution >= 0.6 is 0 Å². The van der Waals surface area contributed by atoms with Gasteiger partial charge in [-0.25, -0.2) is 14.8 Å². The molecule has 0 aromatic carbocycles. The number of carbonyl (C=O) groups is 1. The van der Waals surface area contributed by atoms with E-state index in [1.165, 1.54) is 6.33 Å². The van der Waals surface area contributed by atoms with E-state index in [4.69, 9.17) is 10.5 Å². The summed E-state index contributed by atoms with van der Waals surface area (Å²) in [5.41, 5.74) is 7.31. The average Bonchev–Trinajstić information content (AvgIpc) is 2.91. The molecule has 2 aromatic heterocycles. The third-order valence-electron chi connectivity index (χ3n) is 3.99. The molecule has 0 bridgehead atoms. The quantitative estimate of drug-likeness (QED) is 0.873. The first kappa shape index (κ1) is 15.6. The number of amides is 1. The number of nitrogen functional groups attached to an aromatic ring is 1. The topological polar surface area (TPSA) is 85.8 Å². The van der Waals surface area contributed by atoms with Crippen LogP contribution in [0.3, 0.4) is 0 Å². The number of piperidine rings is 1. The van der Waals surface area contributed by atoms with Crippen molar-refractivity contribution in [1.82, 2.24) is 19.3 Å². The number of nitrogens with two attached hydrogens (primary N) is 1. The number of hydrogen-bond acceptors (Lipinski definition) is 5. The van der Waals surface area contributed by atoms with Crippen LogP contribution in [0.5, 0.6) is 0 Å². The molecule has 0 aliphatic carbocycles. The first-order valence-corrected chi connectivity index (χ1v) is 7.90. The lowest BCUT2D eigenvalue weighted by molar-refractivity contribution is 0.0198. The third-order valence-corrected chi connectivity index (χ3v) is 3.99. The Morgan fingerprint density at radius 2 is 2.17 bits per heavy atom. The first-order chi connectivity index (χ1) is 10.8. The standard InChI is InChI=1S/C16H23N5O2/c1-16(2,3)23-15(22)20-6-4-5-11(8-20)12-7-13-18-10-19-14(17)21(13)9-12/h7,9-11H,4-6,8H2,1-3H3,(H2,17,18,19). The van der Waals surface area contributed by atoms with Gasteiger partial charge >= 0.3 is 6.09 Å². The number of carbonyl (C=O) groups excluding carboxylic acids is 1. The van der Waals surface area contributed by atoms with E-state index in [-0.39, 0.29) is 12.0 Å². The molecular formula is C16H23N5O2. The van der Waals surface area contributed by atoms with Crippen molar-refractivity contribution in [2.75, 3.05) is 18.8 Å². The summed E-state index contributed by atoms with van der Waals surface area (Å²) in [5.74, 6) is 0.679. The highest BCUT2D eigenvalue weighted by atomic mass is 16.6. The summed E-state index contributed by atoms with van der Waals surface area (Å²) >= 11 is 0. The molecule has 124 valence electrons. The van der Waals surface area contributed by atoms with Crippen LogP contribution in [0.1, 0.15) is 45.1 Å². The Balaban J connectivity index is 1.77. The lowest BCUT2D eigenvalue weighted by Crippen LogP contribution is -2.42. The molecule has 1 amide bonds. The Labute approximate surface area is 135 Å². The molecule has 3 rings (SSSR count). The lowest BCUT2D eigenvalue weighted by atomic mass is 9.93. The molecule has 1 fully saturated rings. The second-order valence-corrected chi connectivity index (χ2v) is 7.00. The molecule has 1 atom stereocenters. The third kappa shape index (κ3) is 3.38. The summed E-state index contributed by atoms with van der Waals surface area (Å²) in [5, 5.41) is 0. The maximum atomic E-state index is 12.3. The molecule has 1 unspecified atom stereocenters. The van der Waals surface area contributed by atoms with Gasteiger partial charge in [-0.2, -0.15) is 0 Å². The number of nitrogens with zero attached hydrogens (tertiary/aromatic N) is 4. The van der Waals surface area contributed by atoms with E-state index in [9.17, 15) is 4.79 Å². The van der Waals surface area contributed by atoms with E-state index in [2.05, 4.69) is 9.97 Å². The predicted molar refractivity (Wildman–Crippen MR) is 87.2 cm³/mol. The maximum Gasteiger partial charge on any atom is 0.410 e. The molecule has 7 nitrogen and oxygen atoms in total. The van der Waals surface area contributed by atoms with Gasteiger partial charge in [0.1, 0.15) is 17.6 Å². The summed E-state index contributed by atoms with van der Waals surface area (Å²) in [6.07, 6.45) is 5.17. The second kappa shape index (κ2) is 5.72. The van der Waals surface area contributed by atoms with E-state index in [1.54, 1.807) is 9.30 Å². The fourth-order valence-corrected chi connectivity index (χ4v) is 2.93. The molecule has 1 saturated heterocycles. The number of likely N-dealkylation sites (tertiary alicyclic amines) is 1. The summed E-state index contributed by atoms with van der Waals surface area (Å²) in [6, 6.07) is 2.02. The van der Waals surface area contributed by atoms with Crippen LogP contribution in [0.25, 0.3) is 5.65 Å². The SMILES string of the molecule is CC(C)(C)OC(=O)N1CCCC(c2cc3ncnc(N)n3c2)C1. The normalized spacial score (nSPS) is 19.1. The van der Waals surface area contributed by atoms with Crippen LogP contribution in [0.4, 0.5) is 10.7 Å². The molecule has 3 heterocycles. The highest BCUT2D eigenvalue weighted by Crippen LogP contribution is 2.29. The van der Waals surface area contributed by atoms with Gasteiger partial charge < -0.3 is 15.4 Å². The van der Waals surface area contributed by atoms with Crippen molar-refractivity contribution >= 4 is 17.7 Å². The number of anilines is 1. The highest BCUT2D eigenvalue weighted by molar-refractivity contribution is 5.68. The minimum absolute atomic E-state index is 0.245. The Morgan fingerprint density at radius 1 is 1.39 bits per heavy atom. The molecule has 1 aliphatic rings. The van der Waals surface area contributed by atoms with Crippen molar-refractivity contribution in [3.05, 3.63) is 24.2 Å². The van der Waals surface area contributed by atoms with Crippen LogP contribution in [-0.4, -0.2) is 44.1 Å². The zero-order valence-corrected chi connectivity index (χ0v) is 13.8. The highest BCUT2D eigenvalue weighted by Gasteiger charge is 2.29. The Hall–Kier alpha value is -2.31. The van der Waals surface area contributed by atoms with Gasteiger partial charge in [-0.15, -0.1) is 0 Å². The summed E-state index contributed by atoms with van der Waals surface area (Å²) in [7, 11) is 0. The molecule has 0 spiro atoms. The van der Waals surface area contributed by atoms with Crippen molar-refractivity contribution in [3.63, 3.8) is 0 Å². The van der Waals surface area contributed by atoms with Gasteiger partial charge in [0.2, 0.25) is 5.95 Å². The molecular weight excluding hydrogens is 294 g/mol. The van der Waals surface area contributed by atoms with Gasteiger partial charge in [0.25, 0.3) is 0 Å². The molecule has 2 N–H and O–H groups in total. The number of hydrogen-bond donors (Lipinski definition) is 1. The van der Waals surface area contributed by atoms with Gasteiger partial charge in [0, 0.05) is 25.2 Å². The van der Waals surface area contributed by atoms with Crippen LogP contribution in [0.15, 0.2) is 18.6 Å².